The molecule has 11 heteroatoms. The minimum absolute atomic E-state index is 0.0137. The molecule has 3 rings (SSSR count). The Labute approximate surface area is 219 Å². The monoisotopic (exact) mass is 521 g/mol. The normalized spacial score (nSPS) is 12.6. The van der Waals surface area contributed by atoms with Crippen LogP contribution in [0.5, 0.6) is 0 Å². The molecular weight excluding hydrogens is 490 g/mol. The molecule has 1 aromatic carbocycles. The fraction of sp³-hybridized carbons (Fsp3) is 0.296. The van der Waals surface area contributed by atoms with Crippen LogP contribution < -0.4 is 16.4 Å². The predicted molar refractivity (Wildman–Crippen MR) is 139 cm³/mol. The van der Waals surface area contributed by atoms with Gasteiger partial charge in [0.15, 0.2) is 5.76 Å². The first-order valence-electron chi connectivity index (χ1n) is 12.2. The molecule has 5 N–H and O–H groups in total. The van der Waals surface area contributed by atoms with E-state index in [-0.39, 0.29) is 31.6 Å². The van der Waals surface area contributed by atoms with E-state index in [1.807, 2.05) is 30.3 Å². The Morgan fingerprint density at radius 1 is 1.13 bits per heavy atom. The predicted octanol–water partition coefficient (Wildman–Crippen LogP) is 2.19. The van der Waals surface area contributed by atoms with Gasteiger partial charge in [-0.2, -0.15) is 0 Å². The van der Waals surface area contributed by atoms with E-state index in [0.29, 0.717) is 17.1 Å². The second kappa shape index (κ2) is 13.6. The molecule has 2 aromatic heterocycles. The molecule has 0 aliphatic carbocycles. The van der Waals surface area contributed by atoms with Gasteiger partial charge in [-0.15, -0.1) is 0 Å². The highest BCUT2D eigenvalue weighted by Crippen LogP contribution is 2.19. The number of nitrogens with one attached hydrogen (secondary N) is 3. The second-order valence-electron chi connectivity index (χ2n) is 8.57. The summed E-state index contributed by atoms with van der Waals surface area (Å²) in [5.74, 6) is -1.65. The minimum Gasteiger partial charge on any atom is -0.463 e. The van der Waals surface area contributed by atoms with Gasteiger partial charge in [-0.25, -0.2) is 4.79 Å². The number of esters is 1. The molecule has 0 unspecified atom stereocenters. The van der Waals surface area contributed by atoms with E-state index >= 15 is 0 Å². The highest BCUT2D eigenvalue weighted by molar-refractivity contribution is 5.97. The average Bonchev–Trinajstić information content (AvgIpc) is 3.55. The molecule has 0 bridgehead atoms. The van der Waals surface area contributed by atoms with Gasteiger partial charge < -0.3 is 30.6 Å². The number of aromatic amines is 1. The highest BCUT2D eigenvalue weighted by Gasteiger charge is 2.25. The fourth-order valence-corrected chi connectivity index (χ4v) is 3.64. The first-order chi connectivity index (χ1) is 18.2. The van der Waals surface area contributed by atoms with Gasteiger partial charge in [-0.05, 0) is 38.0 Å². The Bertz CT molecular complexity index is 1280. The molecular formula is C27H31N5O6. The number of nitrogens with zero attached hydrogens (tertiary/aromatic N) is 1. The average molecular weight is 522 g/mol. The van der Waals surface area contributed by atoms with Gasteiger partial charge in [0.25, 0.3) is 5.91 Å². The Morgan fingerprint density at radius 3 is 2.55 bits per heavy atom. The maximum Gasteiger partial charge on any atom is 0.330 e. The van der Waals surface area contributed by atoms with E-state index in [9.17, 15) is 19.2 Å². The van der Waals surface area contributed by atoms with Crippen molar-refractivity contribution in [3.63, 3.8) is 0 Å². The fourth-order valence-electron chi connectivity index (χ4n) is 3.64. The van der Waals surface area contributed by atoms with E-state index in [0.717, 1.165) is 5.56 Å². The van der Waals surface area contributed by atoms with E-state index in [2.05, 4.69) is 20.8 Å². The number of aromatic nitrogens is 2. The zero-order chi connectivity index (χ0) is 27.5. The minimum atomic E-state index is -0.962. The number of H-pyrrole nitrogens is 1. The van der Waals surface area contributed by atoms with Gasteiger partial charge in [0.05, 0.1) is 18.0 Å². The van der Waals surface area contributed by atoms with Gasteiger partial charge in [0.2, 0.25) is 11.8 Å². The Balaban J connectivity index is 1.77. The van der Waals surface area contributed by atoms with E-state index < -0.39 is 35.8 Å². The van der Waals surface area contributed by atoms with Crippen LogP contribution in [0.2, 0.25) is 0 Å². The number of aryl methyl sites for hydroxylation is 1. The lowest BCUT2D eigenvalue weighted by Gasteiger charge is -2.22. The molecule has 3 amide bonds. The maximum absolute atomic E-state index is 13.3. The molecule has 2 heterocycles. The number of ether oxygens (including phenoxy) is 1. The van der Waals surface area contributed by atoms with Crippen molar-refractivity contribution in [2.45, 2.75) is 45.2 Å². The number of amides is 3. The van der Waals surface area contributed by atoms with Crippen LogP contribution in [0.25, 0.3) is 11.5 Å². The smallest absolute Gasteiger partial charge is 0.330 e. The number of carbonyl (C=O) groups excluding carboxylic acids is 4. The van der Waals surface area contributed by atoms with Crippen molar-refractivity contribution >= 4 is 23.7 Å². The number of benzene rings is 1. The van der Waals surface area contributed by atoms with E-state index in [1.54, 1.807) is 32.0 Å². The number of rotatable bonds is 13. The maximum atomic E-state index is 13.3. The SMILES string of the molecule is CCOC(=O)/C=C/[C@H](CCC(N)=O)NC(=O)[C@H](Cc1ccccc1)NC(=O)c1ccc(-c2cc(C)no2)[nH]1. The summed E-state index contributed by atoms with van der Waals surface area (Å²) in [6.45, 7) is 3.66. The third-order valence-corrected chi connectivity index (χ3v) is 5.51. The molecule has 0 aliphatic rings. The molecule has 0 saturated carbocycles. The van der Waals surface area contributed by atoms with E-state index in [4.69, 9.17) is 15.0 Å². The summed E-state index contributed by atoms with van der Waals surface area (Å²) in [4.78, 5) is 52.5. The second-order valence-corrected chi connectivity index (χ2v) is 8.57. The third kappa shape index (κ3) is 8.47. The van der Waals surface area contributed by atoms with Crippen molar-refractivity contribution in [3.05, 3.63) is 77.6 Å². The number of carbonyl (C=O) groups is 4. The number of nitrogens with two attached hydrogens (primary N) is 1. The van der Waals surface area contributed by atoms with Gasteiger partial charge in [0, 0.05) is 31.0 Å². The van der Waals surface area contributed by atoms with Crippen LogP contribution in [-0.4, -0.2) is 52.5 Å². The van der Waals surface area contributed by atoms with Crippen LogP contribution >= 0.6 is 0 Å². The standard InChI is InChI=1S/C27H31N5O6/c1-3-37-25(34)14-10-19(9-13-24(28)33)29-27(36)22(16-18-7-5-4-6-8-18)31-26(35)21-12-11-20(30-21)23-15-17(2)32-38-23/h4-8,10-12,14-15,19,22,30H,3,9,13,16H2,1-2H3,(H2,28,33)(H,29,36)(H,31,35)/b14-10+/t19-,22-/m0/s1. The Kier molecular flexibility index (Phi) is 9.98. The first-order valence-corrected chi connectivity index (χ1v) is 12.2. The summed E-state index contributed by atoms with van der Waals surface area (Å²) < 4.78 is 10.1. The zero-order valence-corrected chi connectivity index (χ0v) is 21.2. The van der Waals surface area contributed by atoms with Gasteiger partial charge in [-0.1, -0.05) is 41.6 Å². The molecule has 0 radical (unpaired) electrons. The Hall–Kier alpha value is -4.67. The van der Waals surface area contributed by atoms with Gasteiger partial charge in [-0.3, -0.25) is 14.4 Å². The zero-order valence-electron chi connectivity index (χ0n) is 21.2. The summed E-state index contributed by atoms with van der Waals surface area (Å²) in [6, 6.07) is 12.5. The van der Waals surface area contributed by atoms with Crippen molar-refractivity contribution in [2.75, 3.05) is 6.61 Å². The molecule has 200 valence electrons. The molecule has 0 fully saturated rings. The summed E-state index contributed by atoms with van der Waals surface area (Å²) in [7, 11) is 0. The number of primary amides is 1. The third-order valence-electron chi connectivity index (χ3n) is 5.51. The molecule has 38 heavy (non-hydrogen) atoms. The van der Waals surface area contributed by atoms with Crippen molar-refractivity contribution in [1.29, 1.82) is 0 Å². The first kappa shape index (κ1) is 27.9. The largest absolute Gasteiger partial charge is 0.463 e. The van der Waals surface area contributed by atoms with Crippen LogP contribution in [0.4, 0.5) is 0 Å². The van der Waals surface area contributed by atoms with Crippen LogP contribution in [0.1, 0.15) is 41.5 Å². The molecule has 11 nitrogen and oxygen atoms in total. The lowest BCUT2D eigenvalue weighted by molar-refractivity contribution is -0.137. The summed E-state index contributed by atoms with van der Waals surface area (Å²) >= 11 is 0. The topological polar surface area (TPSA) is 169 Å². The number of hydrogen-bond donors (Lipinski definition) is 4. The van der Waals surface area contributed by atoms with E-state index in [1.165, 1.54) is 12.2 Å². The van der Waals surface area contributed by atoms with Crippen molar-refractivity contribution in [1.82, 2.24) is 20.8 Å². The molecule has 0 saturated heterocycles. The summed E-state index contributed by atoms with van der Waals surface area (Å²) in [5.41, 5.74) is 7.59. The van der Waals surface area contributed by atoms with Crippen molar-refractivity contribution < 1.29 is 28.4 Å². The van der Waals surface area contributed by atoms with Crippen LogP contribution in [0.15, 0.2) is 65.2 Å². The van der Waals surface area contributed by atoms with Crippen LogP contribution in [0, 0.1) is 6.92 Å². The quantitative estimate of drug-likeness (QED) is 0.197. The molecule has 2 atom stereocenters. The highest BCUT2D eigenvalue weighted by atomic mass is 16.5. The molecule has 3 aromatic rings. The van der Waals surface area contributed by atoms with Crippen LogP contribution in [0.3, 0.4) is 0 Å². The summed E-state index contributed by atoms with van der Waals surface area (Å²) in [5, 5.41) is 9.41. The lowest BCUT2D eigenvalue weighted by Crippen LogP contribution is -2.50. The van der Waals surface area contributed by atoms with Crippen LogP contribution in [-0.2, 0) is 25.5 Å². The van der Waals surface area contributed by atoms with Gasteiger partial charge >= 0.3 is 5.97 Å². The van der Waals surface area contributed by atoms with Gasteiger partial charge in [0.1, 0.15) is 11.7 Å². The molecule has 0 aliphatic heterocycles. The Morgan fingerprint density at radius 2 is 1.89 bits per heavy atom. The lowest BCUT2D eigenvalue weighted by atomic mass is 10.0. The summed E-state index contributed by atoms with van der Waals surface area (Å²) in [6.07, 6.45) is 2.99. The molecule has 0 spiro atoms. The van der Waals surface area contributed by atoms with Crippen molar-refractivity contribution in [2.24, 2.45) is 5.73 Å². The number of hydrogen-bond acceptors (Lipinski definition) is 7. The van der Waals surface area contributed by atoms with Crippen molar-refractivity contribution in [3.8, 4) is 11.5 Å².